The van der Waals surface area contributed by atoms with E-state index in [1.54, 1.807) is 12.1 Å². The smallest absolute Gasteiger partial charge is 0.422 e. The van der Waals surface area contributed by atoms with Gasteiger partial charge in [0.2, 0.25) is 0 Å². The monoisotopic (exact) mass is 353 g/mol. The van der Waals surface area contributed by atoms with Crippen molar-refractivity contribution in [3.05, 3.63) is 28.2 Å². The average molecular weight is 354 g/mol. The SMILES string of the molecule is FC(F)(F)COc1ccc(Br)cc1CNC1CCOC1. The molecule has 1 saturated heterocycles. The maximum Gasteiger partial charge on any atom is 0.422 e. The Morgan fingerprint density at radius 2 is 2.20 bits per heavy atom. The van der Waals surface area contributed by atoms with Gasteiger partial charge in [-0.3, -0.25) is 0 Å². The third-order valence-corrected chi connectivity index (χ3v) is 3.42. The average Bonchev–Trinajstić information content (AvgIpc) is 2.87. The lowest BCUT2D eigenvalue weighted by Crippen LogP contribution is -2.29. The Morgan fingerprint density at radius 3 is 2.85 bits per heavy atom. The zero-order valence-corrected chi connectivity index (χ0v) is 12.3. The second-order valence-electron chi connectivity index (χ2n) is 4.60. The van der Waals surface area contributed by atoms with E-state index in [0.29, 0.717) is 25.3 Å². The number of hydrogen-bond donors (Lipinski definition) is 1. The highest BCUT2D eigenvalue weighted by Gasteiger charge is 2.28. The van der Waals surface area contributed by atoms with Crippen molar-refractivity contribution in [1.29, 1.82) is 0 Å². The fourth-order valence-electron chi connectivity index (χ4n) is 1.94. The molecule has 112 valence electrons. The first-order valence-corrected chi connectivity index (χ1v) is 7.02. The van der Waals surface area contributed by atoms with Crippen molar-refractivity contribution in [3.63, 3.8) is 0 Å². The minimum Gasteiger partial charge on any atom is -0.484 e. The molecule has 0 saturated carbocycles. The molecule has 0 amide bonds. The van der Waals surface area contributed by atoms with Gasteiger partial charge >= 0.3 is 6.18 Å². The molecule has 0 aromatic heterocycles. The van der Waals surface area contributed by atoms with E-state index in [1.807, 2.05) is 0 Å². The molecule has 20 heavy (non-hydrogen) atoms. The molecule has 0 aliphatic carbocycles. The maximum absolute atomic E-state index is 12.2. The van der Waals surface area contributed by atoms with E-state index in [-0.39, 0.29) is 11.8 Å². The van der Waals surface area contributed by atoms with Crippen LogP contribution < -0.4 is 10.1 Å². The minimum atomic E-state index is -4.34. The maximum atomic E-state index is 12.2. The quantitative estimate of drug-likeness (QED) is 0.881. The van der Waals surface area contributed by atoms with Crippen LogP contribution in [0.15, 0.2) is 22.7 Å². The van der Waals surface area contributed by atoms with Gasteiger partial charge in [0.15, 0.2) is 6.61 Å². The second-order valence-corrected chi connectivity index (χ2v) is 5.51. The van der Waals surface area contributed by atoms with Gasteiger partial charge < -0.3 is 14.8 Å². The molecule has 1 aliphatic rings. The number of nitrogens with one attached hydrogen (secondary N) is 1. The first-order valence-electron chi connectivity index (χ1n) is 6.23. The number of rotatable bonds is 5. The zero-order chi connectivity index (χ0) is 14.6. The molecule has 1 aromatic rings. The summed E-state index contributed by atoms with van der Waals surface area (Å²) in [6, 6.07) is 5.20. The minimum absolute atomic E-state index is 0.240. The van der Waals surface area contributed by atoms with Gasteiger partial charge in [0.25, 0.3) is 0 Å². The van der Waals surface area contributed by atoms with Crippen molar-refractivity contribution < 1.29 is 22.6 Å². The summed E-state index contributed by atoms with van der Waals surface area (Å²) in [6.45, 7) is 0.509. The molecule has 0 radical (unpaired) electrons. The largest absolute Gasteiger partial charge is 0.484 e. The van der Waals surface area contributed by atoms with Gasteiger partial charge in [-0.1, -0.05) is 15.9 Å². The molecule has 1 N–H and O–H groups in total. The normalized spacial score (nSPS) is 19.3. The summed E-state index contributed by atoms with van der Waals surface area (Å²) in [7, 11) is 0. The molecular formula is C13H15BrF3NO2. The van der Waals surface area contributed by atoms with Crippen LogP contribution in [0.3, 0.4) is 0 Å². The highest BCUT2D eigenvalue weighted by molar-refractivity contribution is 9.10. The molecule has 1 aromatic carbocycles. The fourth-order valence-corrected chi connectivity index (χ4v) is 2.34. The summed E-state index contributed by atoms with van der Waals surface area (Å²) >= 11 is 3.31. The third kappa shape index (κ3) is 4.96. The van der Waals surface area contributed by atoms with Crippen LogP contribution in [0.1, 0.15) is 12.0 Å². The number of halogens is 4. The summed E-state index contributed by atoms with van der Waals surface area (Å²) in [5.74, 6) is 0.247. The van der Waals surface area contributed by atoms with E-state index in [2.05, 4.69) is 21.2 Å². The van der Waals surface area contributed by atoms with Crippen LogP contribution in [0.5, 0.6) is 5.75 Å². The van der Waals surface area contributed by atoms with Gasteiger partial charge in [0, 0.05) is 29.2 Å². The predicted octanol–water partition coefficient (Wildman–Crippen LogP) is 3.27. The molecule has 7 heteroatoms. The molecule has 1 atom stereocenters. The summed E-state index contributed by atoms with van der Waals surface area (Å²) in [5, 5.41) is 3.26. The fraction of sp³-hybridized carbons (Fsp3) is 0.538. The highest BCUT2D eigenvalue weighted by atomic mass is 79.9. The van der Waals surface area contributed by atoms with Crippen molar-refractivity contribution in [2.75, 3.05) is 19.8 Å². The molecule has 1 unspecified atom stereocenters. The van der Waals surface area contributed by atoms with Crippen LogP contribution in [0, 0.1) is 0 Å². The van der Waals surface area contributed by atoms with Gasteiger partial charge in [-0.2, -0.15) is 13.2 Å². The summed E-state index contributed by atoms with van der Waals surface area (Å²) in [4.78, 5) is 0. The van der Waals surface area contributed by atoms with Crippen LogP contribution in [-0.2, 0) is 11.3 Å². The standard InChI is InChI=1S/C13H15BrF3NO2/c14-10-1-2-12(20-8-13(15,16)17)9(5-10)6-18-11-3-4-19-7-11/h1-2,5,11,18H,3-4,6-8H2. The van der Waals surface area contributed by atoms with Crippen molar-refractivity contribution in [1.82, 2.24) is 5.32 Å². The number of ether oxygens (including phenoxy) is 2. The van der Waals surface area contributed by atoms with E-state index < -0.39 is 12.8 Å². The number of hydrogen-bond acceptors (Lipinski definition) is 3. The van der Waals surface area contributed by atoms with E-state index in [9.17, 15) is 13.2 Å². The molecular weight excluding hydrogens is 339 g/mol. The first kappa shape index (κ1) is 15.6. The number of benzene rings is 1. The first-order chi connectivity index (χ1) is 9.44. The van der Waals surface area contributed by atoms with Crippen LogP contribution in [0.25, 0.3) is 0 Å². The Morgan fingerprint density at radius 1 is 1.40 bits per heavy atom. The summed E-state index contributed by atoms with van der Waals surface area (Å²) in [5.41, 5.74) is 0.690. The Labute approximate surface area is 123 Å². The third-order valence-electron chi connectivity index (χ3n) is 2.92. The Kier molecular flexibility index (Phi) is 5.29. The van der Waals surface area contributed by atoms with Gasteiger partial charge in [-0.25, -0.2) is 0 Å². The second kappa shape index (κ2) is 6.78. The zero-order valence-electron chi connectivity index (χ0n) is 10.7. The lowest BCUT2D eigenvalue weighted by atomic mass is 10.2. The van der Waals surface area contributed by atoms with Gasteiger partial charge in [-0.15, -0.1) is 0 Å². The van der Waals surface area contributed by atoms with Gasteiger partial charge in [0.1, 0.15) is 5.75 Å². The summed E-state index contributed by atoms with van der Waals surface area (Å²) in [6.07, 6.45) is -3.43. The Hall–Kier alpha value is -0.790. The van der Waals surface area contributed by atoms with Gasteiger partial charge in [-0.05, 0) is 24.6 Å². The van der Waals surface area contributed by atoms with Crippen molar-refractivity contribution in [2.24, 2.45) is 0 Å². The topological polar surface area (TPSA) is 30.5 Å². The Balaban J connectivity index is 1.99. The van der Waals surface area contributed by atoms with Crippen molar-refractivity contribution in [2.45, 2.75) is 25.2 Å². The molecule has 1 aliphatic heterocycles. The molecule has 1 heterocycles. The molecule has 0 spiro atoms. The highest BCUT2D eigenvalue weighted by Crippen LogP contribution is 2.25. The van der Waals surface area contributed by atoms with Crippen molar-refractivity contribution in [3.8, 4) is 5.75 Å². The van der Waals surface area contributed by atoms with Gasteiger partial charge in [0.05, 0.1) is 6.61 Å². The van der Waals surface area contributed by atoms with Crippen LogP contribution in [-0.4, -0.2) is 32.0 Å². The lowest BCUT2D eigenvalue weighted by Gasteiger charge is -2.16. The van der Waals surface area contributed by atoms with Crippen LogP contribution in [0.2, 0.25) is 0 Å². The van der Waals surface area contributed by atoms with E-state index >= 15 is 0 Å². The molecule has 1 fully saturated rings. The van der Waals surface area contributed by atoms with Crippen LogP contribution in [0.4, 0.5) is 13.2 Å². The van der Waals surface area contributed by atoms with E-state index in [4.69, 9.17) is 9.47 Å². The molecule has 2 rings (SSSR count). The molecule has 0 bridgehead atoms. The predicted molar refractivity (Wildman–Crippen MR) is 71.8 cm³/mol. The molecule has 3 nitrogen and oxygen atoms in total. The lowest BCUT2D eigenvalue weighted by molar-refractivity contribution is -0.153. The van der Waals surface area contributed by atoms with Crippen molar-refractivity contribution >= 4 is 15.9 Å². The van der Waals surface area contributed by atoms with E-state index in [1.165, 1.54) is 6.07 Å². The summed E-state index contributed by atoms with van der Waals surface area (Å²) < 4.78 is 47.5. The Bertz CT molecular complexity index is 448. The van der Waals surface area contributed by atoms with Crippen LogP contribution >= 0.6 is 15.9 Å². The van der Waals surface area contributed by atoms with E-state index in [0.717, 1.165) is 10.9 Å². The number of alkyl halides is 3.